The molecule has 84 valence electrons. The molecule has 1 aromatic carbocycles. The molecule has 1 N–H and O–H groups in total. The molecular formula is C13H20FN. The Labute approximate surface area is 91.7 Å². The minimum absolute atomic E-state index is 0.165. The van der Waals surface area contributed by atoms with Crippen molar-refractivity contribution < 1.29 is 4.39 Å². The van der Waals surface area contributed by atoms with Crippen LogP contribution in [0.25, 0.3) is 0 Å². The highest BCUT2D eigenvalue weighted by Gasteiger charge is 2.03. The molecule has 0 bridgehead atoms. The van der Waals surface area contributed by atoms with Crippen LogP contribution >= 0.6 is 0 Å². The molecule has 0 unspecified atom stereocenters. The third-order valence-corrected chi connectivity index (χ3v) is 2.79. The van der Waals surface area contributed by atoms with E-state index >= 15 is 0 Å². The summed E-state index contributed by atoms with van der Waals surface area (Å²) in [6, 6.07) is 5.07. The normalized spacial score (nSPS) is 10.7. The van der Waals surface area contributed by atoms with Crippen molar-refractivity contribution in [3.05, 3.63) is 29.6 Å². The van der Waals surface area contributed by atoms with Crippen LogP contribution in [0.5, 0.6) is 0 Å². The predicted octanol–water partition coefficient (Wildman–Crippen LogP) is 3.98. The fraction of sp³-hybridized carbons (Fsp3) is 0.538. The highest BCUT2D eigenvalue weighted by atomic mass is 19.1. The number of hydrogen-bond donors (Lipinski definition) is 1. The van der Waals surface area contributed by atoms with Gasteiger partial charge in [-0.15, -0.1) is 0 Å². The van der Waals surface area contributed by atoms with Crippen molar-refractivity contribution >= 4 is 5.69 Å². The summed E-state index contributed by atoms with van der Waals surface area (Å²) >= 11 is 0. The highest BCUT2D eigenvalue weighted by Crippen LogP contribution is 2.15. The fourth-order valence-corrected chi connectivity index (χ4v) is 1.68. The second kappa shape index (κ2) is 5.74. The van der Waals surface area contributed by atoms with Crippen LogP contribution in [0.1, 0.15) is 32.3 Å². The van der Waals surface area contributed by atoms with Crippen molar-refractivity contribution in [1.29, 1.82) is 0 Å². The smallest absolute Gasteiger partial charge is 0.125 e. The lowest BCUT2D eigenvalue weighted by Gasteiger charge is -2.14. The largest absolute Gasteiger partial charge is 0.385 e. The van der Waals surface area contributed by atoms with Crippen molar-refractivity contribution in [3.8, 4) is 0 Å². The van der Waals surface area contributed by atoms with E-state index in [4.69, 9.17) is 0 Å². The van der Waals surface area contributed by atoms with Gasteiger partial charge in [0.2, 0.25) is 0 Å². The standard InChI is InChI=1S/C13H20FN/c1-4-11(5-2)9-15-13-7-10(3)6-12(14)8-13/h6-8,11,15H,4-5,9H2,1-3H3. The Morgan fingerprint density at radius 1 is 1.20 bits per heavy atom. The Morgan fingerprint density at radius 3 is 2.40 bits per heavy atom. The zero-order chi connectivity index (χ0) is 11.3. The molecule has 0 saturated heterocycles. The molecule has 0 heterocycles. The average Bonchev–Trinajstić information content (AvgIpc) is 2.18. The van der Waals surface area contributed by atoms with Crippen LogP contribution in [-0.2, 0) is 0 Å². The van der Waals surface area contributed by atoms with Gasteiger partial charge < -0.3 is 5.32 Å². The Kier molecular flexibility index (Phi) is 4.60. The molecule has 1 rings (SSSR count). The van der Waals surface area contributed by atoms with E-state index in [0.717, 1.165) is 30.6 Å². The molecule has 15 heavy (non-hydrogen) atoms. The molecule has 0 fully saturated rings. The van der Waals surface area contributed by atoms with Gasteiger partial charge in [-0.2, -0.15) is 0 Å². The summed E-state index contributed by atoms with van der Waals surface area (Å²) in [6.07, 6.45) is 2.33. The van der Waals surface area contributed by atoms with E-state index in [1.165, 1.54) is 0 Å². The molecule has 0 saturated carbocycles. The van der Waals surface area contributed by atoms with Crippen LogP contribution in [0, 0.1) is 18.7 Å². The molecule has 0 spiro atoms. The van der Waals surface area contributed by atoms with Gasteiger partial charge in [0.15, 0.2) is 0 Å². The molecule has 1 nitrogen and oxygen atoms in total. The fourth-order valence-electron chi connectivity index (χ4n) is 1.68. The van der Waals surface area contributed by atoms with Crippen LogP contribution in [-0.4, -0.2) is 6.54 Å². The summed E-state index contributed by atoms with van der Waals surface area (Å²) in [5.74, 6) is 0.510. The number of aryl methyl sites for hydroxylation is 1. The van der Waals surface area contributed by atoms with Crippen LogP contribution in [0.4, 0.5) is 10.1 Å². The summed E-state index contributed by atoms with van der Waals surface area (Å²) < 4.78 is 13.1. The molecule has 0 aliphatic rings. The third-order valence-electron chi connectivity index (χ3n) is 2.79. The summed E-state index contributed by atoms with van der Waals surface area (Å²) in [5.41, 5.74) is 1.85. The molecule has 0 aliphatic heterocycles. The van der Waals surface area contributed by atoms with Crippen molar-refractivity contribution in [3.63, 3.8) is 0 Å². The quantitative estimate of drug-likeness (QED) is 0.773. The Balaban J connectivity index is 2.57. The van der Waals surface area contributed by atoms with Gasteiger partial charge in [0.1, 0.15) is 5.82 Å². The Morgan fingerprint density at radius 2 is 1.87 bits per heavy atom. The molecule has 0 atom stereocenters. The van der Waals surface area contributed by atoms with E-state index < -0.39 is 0 Å². The van der Waals surface area contributed by atoms with E-state index in [2.05, 4.69) is 19.2 Å². The monoisotopic (exact) mass is 209 g/mol. The lowest BCUT2D eigenvalue weighted by molar-refractivity contribution is 0.519. The molecule has 0 amide bonds. The van der Waals surface area contributed by atoms with E-state index in [-0.39, 0.29) is 5.82 Å². The first-order valence-electron chi connectivity index (χ1n) is 5.66. The van der Waals surface area contributed by atoms with Gasteiger partial charge in [-0.3, -0.25) is 0 Å². The maximum atomic E-state index is 13.1. The zero-order valence-electron chi connectivity index (χ0n) is 9.81. The van der Waals surface area contributed by atoms with Gasteiger partial charge in [-0.1, -0.05) is 26.7 Å². The van der Waals surface area contributed by atoms with Gasteiger partial charge in [0, 0.05) is 12.2 Å². The van der Waals surface area contributed by atoms with Crippen LogP contribution < -0.4 is 5.32 Å². The first kappa shape index (κ1) is 12.0. The SMILES string of the molecule is CCC(CC)CNc1cc(C)cc(F)c1. The lowest BCUT2D eigenvalue weighted by Crippen LogP contribution is -2.12. The van der Waals surface area contributed by atoms with Crippen LogP contribution in [0.3, 0.4) is 0 Å². The van der Waals surface area contributed by atoms with Gasteiger partial charge >= 0.3 is 0 Å². The van der Waals surface area contributed by atoms with Crippen molar-refractivity contribution in [2.45, 2.75) is 33.6 Å². The molecule has 2 heteroatoms. The first-order valence-corrected chi connectivity index (χ1v) is 5.66. The third kappa shape index (κ3) is 3.90. The number of anilines is 1. The van der Waals surface area contributed by atoms with Gasteiger partial charge in [-0.05, 0) is 36.6 Å². The summed E-state index contributed by atoms with van der Waals surface area (Å²) in [5, 5.41) is 3.29. The van der Waals surface area contributed by atoms with Crippen molar-refractivity contribution in [1.82, 2.24) is 0 Å². The minimum atomic E-state index is -0.165. The molecule has 0 aliphatic carbocycles. The maximum Gasteiger partial charge on any atom is 0.125 e. The number of hydrogen-bond acceptors (Lipinski definition) is 1. The summed E-state index contributed by atoms with van der Waals surface area (Å²) in [4.78, 5) is 0. The number of halogens is 1. The average molecular weight is 209 g/mol. The molecule has 0 aromatic heterocycles. The summed E-state index contributed by atoms with van der Waals surface area (Å²) in [6.45, 7) is 7.21. The van der Waals surface area contributed by atoms with E-state index in [1.807, 2.05) is 13.0 Å². The van der Waals surface area contributed by atoms with E-state index in [0.29, 0.717) is 5.92 Å². The number of nitrogens with one attached hydrogen (secondary N) is 1. The second-order valence-electron chi connectivity index (χ2n) is 4.08. The number of rotatable bonds is 5. The lowest BCUT2D eigenvalue weighted by atomic mass is 10.0. The topological polar surface area (TPSA) is 12.0 Å². The van der Waals surface area contributed by atoms with Gasteiger partial charge in [0.05, 0.1) is 0 Å². The maximum absolute atomic E-state index is 13.1. The second-order valence-corrected chi connectivity index (χ2v) is 4.08. The van der Waals surface area contributed by atoms with Gasteiger partial charge in [0.25, 0.3) is 0 Å². The van der Waals surface area contributed by atoms with Crippen LogP contribution in [0.15, 0.2) is 18.2 Å². The highest BCUT2D eigenvalue weighted by molar-refractivity contribution is 5.45. The van der Waals surface area contributed by atoms with Crippen molar-refractivity contribution in [2.24, 2.45) is 5.92 Å². The molecular weight excluding hydrogens is 189 g/mol. The summed E-state index contributed by atoms with van der Waals surface area (Å²) in [7, 11) is 0. The Hall–Kier alpha value is -1.05. The van der Waals surface area contributed by atoms with Crippen LogP contribution in [0.2, 0.25) is 0 Å². The van der Waals surface area contributed by atoms with Gasteiger partial charge in [-0.25, -0.2) is 4.39 Å². The van der Waals surface area contributed by atoms with E-state index in [1.54, 1.807) is 12.1 Å². The zero-order valence-corrected chi connectivity index (χ0v) is 9.81. The predicted molar refractivity (Wildman–Crippen MR) is 63.7 cm³/mol. The van der Waals surface area contributed by atoms with E-state index in [9.17, 15) is 4.39 Å². The Bertz CT molecular complexity index is 285. The molecule has 0 radical (unpaired) electrons. The molecule has 1 aromatic rings. The van der Waals surface area contributed by atoms with Crippen molar-refractivity contribution in [2.75, 3.05) is 11.9 Å². The number of benzene rings is 1. The minimum Gasteiger partial charge on any atom is -0.385 e. The first-order chi connectivity index (χ1) is 7.15.